The van der Waals surface area contributed by atoms with Gasteiger partial charge in [0, 0.05) is 20.6 Å². The first-order chi connectivity index (χ1) is 21.9. The number of hydrogen-bond acceptors (Lipinski definition) is 12. The van der Waals surface area contributed by atoms with Crippen LogP contribution in [-0.2, 0) is 48.8 Å². The number of nitrogens with one attached hydrogen (secondary N) is 2. The molecule has 262 valence electrons. The van der Waals surface area contributed by atoms with E-state index in [1.54, 1.807) is 58.9 Å². The van der Waals surface area contributed by atoms with E-state index in [4.69, 9.17) is 19.1 Å². The van der Waals surface area contributed by atoms with E-state index in [1.165, 1.54) is 28.3 Å². The monoisotopic (exact) mass is 702 g/mol. The van der Waals surface area contributed by atoms with Gasteiger partial charge in [0.1, 0.15) is 11.5 Å². The molecule has 0 saturated carbocycles. The average Bonchev–Trinajstić information content (AvgIpc) is 2.96. The molecule has 0 heterocycles. The molecule has 0 radical (unpaired) electrons. The molecule has 2 amide bonds. The van der Waals surface area contributed by atoms with E-state index < -0.39 is 32.5 Å². The van der Waals surface area contributed by atoms with Gasteiger partial charge in [0.05, 0.1) is 37.1 Å². The van der Waals surface area contributed by atoms with Crippen LogP contribution in [0.25, 0.3) is 0 Å². The summed E-state index contributed by atoms with van der Waals surface area (Å²) in [5.41, 5.74) is 2.24. The Bertz CT molecular complexity index is 1590. The van der Waals surface area contributed by atoms with Crippen LogP contribution in [0, 0.1) is 27.7 Å². The highest BCUT2D eigenvalue weighted by Crippen LogP contribution is 2.28. The standard InChI is InChI=1S/C14H20N2O6S.C14H22N2O4S.CO2/c1-10-5-12(21-4)6-11(2)14(10)23(19,20)16(3)7-13(18)15-8-22-9-17;1-6-15-13(17)9-16(4)21(18,19)14-10(2)7-12(20-5)8-11(14)3;2-1-3/h5-6,9H,7-8H2,1-4H3,(H,15,18);7-8H,6,9H2,1-5H3,(H,15,17);. The molecule has 0 aromatic heterocycles. The van der Waals surface area contributed by atoms with Crippen molar-refractivity contribution in [2.45, 2.75) is 44.4 Å². The van der Waals surface area contributed by atoms with E-state index in [0.717, 1.165) is 8.61 Å². The van der Waals surface area contributed by atoms with Gasteiger partial charge in [-0.15, -0.1) is 0 Å². The number of carbonyl (C=O) groups is 3. The zero-order valence-electron chi connectivity index (χ0n) is 27.8. The van der Waals surface area contributed by atoms with Gasteiger partial charge in [-0.25, -0.2) is 16.8 Å². The van der Waals surface area contributed by atoms with Crippen molar-refractivity contribution in [3.8, 4) is 11.5 Å². The largest absolute Gasteiger partial charge is 0.497 e. The summed E-state index contributed by atoms with van der Waals surface area (Å²) in [6, 6.07) is 6.57. The molecule has 18 heteroatoms. The van der Waals surface area contributed by atoms with E-state index >= 15 is 0 Å². The van der Waals surface area contributed by atoms with Crippen LogP contribution in [0.2, 0.25) is 0 Å². The summed E-state index contributed by atoms with van der Waals surface area (Å²) in [5.74, 6) is 0.259. The van der Waals surface area contributed by atoms with Gasteiger partial charge in [0.2, 0.25) is 31.9 Å². The first-order valence-corrected chi connectivity index (χ1v) is 16.6. The van der Waals surface area contributed by atoms with Crippen LogP contribution in [0.3, 0.4) is 0 Å². The molecule has 2 aromatic carbocycles. The van der Waals surface area contributed by atoms with Crippen LogP contribution in [-0.4, -0.2) is 105 Å². The molecule has 0 bridgehead atoms. The Labute approximate surface area is 275 Å². The van der Waals surface area contributed by atoms with Crippen LogP contribution in [0.1, 0.15) is 29.2 Å². The van der Waals surface area contributed by atoms with Crippen LogP contribution in [0.5, 0.6) is 11.5 Å². The van der Waals surface area contributed by atoms with E-state index in [9.17, 15) is 31.2 Å². The van der Waals surface area contributed by atoms with Crippen LogP contribution in [0.4, 0.5) is 0 Å². The highest BCUT2D eigenvalue weighted by atomic mass is 32.2. The third kappa shape index (κ3) is 12.8. The lowest BCUT2D eigenvalue weighted by Crippen LogP contribution is -2.39. The number of methoxy groups -OCH3 is 2. The lowest BCUT2D eigenvalue weighted by molar-refractivity contribution is -0.191. The van der Waals surface area contributed by atoms with E-state index in [1.807, 2.05) is 0 Å². The maximum Gasteiger partial charge on any atom is 0.373 e. The summed E-state index contributed by atoms with van der Waals surface area (Å²) in [4.78, 5) is 49.8. The second-order valence-corrected chi connectivity index (χ2v) is 13.7. The van der Waals surface area contributed by atoms with Gasteiger partial charge in [-0.05, 0) is 81.1 Å². The zero-order chi connectivity index (χ0) is 36.5. The minimum absolute atomic E-state index is 0.137. The number of ether oxygens (including phenoxy) is 3. The maximum absolute atomic E-state index is 12.7. The van der Waals surface area contributed by atoms with Gasteiger partial charge < -0.3 is 24.8 Å². The molecule has 0 aliphatic heterocycles. The molecule has 2 aromatic rings. The molecule has 0 unspecified atom stereocenters. The molecule has 0 aliphatic carbocycles. The van der Waals surface area contributed by atoms with E-state index in [0.29, 0.717) is 40.3 Å². The number of benzene rings is 2. The van der Waals surface area contributed by atoms with Gasteiger partial charge in [0.25, 0.3) is 6.47 Å². The van der Waals surface area contributed by atoms with Crippen molar-refractivity contribution in [1.82, 2.24) is 19.2 Å². The summed E-state index contributed by atoms with van der Waals surface area (Å²) in [6.45, 7) is 8.27. The Morgan fingerprint density at radius 2 is 1.06 bits per heavy atom. The first kappa shape index (κ1) is 42.6. The summed E-state index contributed by atoms with van der Waals surface area (Å²) < 4.78 is 67.1. The minimum atomic E-state index is -3.84. The molecule has 2 rings (SSSR count). The lowest BCUT2D eigenvalue weighted by Gasteiger charge is -2.20. The molecule has 0 spiro atoms. The lowest BCUT2D eigenvalue weighted by atomic mass is 10.1. The number of nitrogens with zero attached hydrogens (tertiary/aromatic N) is 2. The molecular formula is C29H42N4O12S2. The van der Waals surface area contributed by atoms with Gasteiger partial charge in [0.15, 0.2) is 6.73 Å². The summed E-state index contributed by atoms with van der Waals surface area (Å²) in [7, 11) is -1.83. The Morgan fingerprint density at radius 1 is 0.745 bits per heavy atom. The first-order valence-electron chi connectivity index (χ1n) is 13.7. The van der Waals surface area contributed by atoms with E-state index in [2.05, 4.69) is 15.4 Å². The Balaban J connectivity index is 0.000000833. The van der Waals surface area contributed by atoms with Crippen molar-refractivity contribution in [2.24, 2.45) is 0 Å². The zero-order valence-corrected chi connectivity index (χ0v) is 29.5. The molecule has 0 atom stereocenters. The fraction of sp³-hybridized carbons (Fsp3) is 0.448. The van der Waals surface area contributed by atoms with E-state index in [-0.39, 0.29) is 41.6 Å². The summed E-state index contributed by atoms with van der Waals surface area (Å²) in [6.07, 6.45) is 0.250. The number of rotatable bonds is 14. The van der Waals surface area contributed by atoms with Gasteiger partial charge in [-0.3, -0.25) is 14.4 Å². The van der Waals surface area contributed by atoms with Crippen molar-refractivity contribution in [3.05, 3.63) is 46.5 Å². The Morgan fingerprint density at radius 3 is 1.34 bits per heavy atom. The van der Waals surface area contributed by atoms with Crippen LogP contribution in [0.15, 0.2) is 34.1 Å². The Hall–Kier alpha value is -4.35. The number of sulfonamides is 2. The second kappa shape index (κ2) is 20.0. The number of amides is 2. The SMILES string of the molecule is CCNC(=O)CN(C)S(=O)(=O)c1c(C)cc(OC)cc1C.COc1cc(C)c(S(=O)(=O)N(C)CC(=O)NCOC=O)c(C)c1.O=C=O. The molecule has 47 heavy (non-hydrogen) atoms. The number of hydrogen-bond donors (Lipinski definition) is 2. The quantitative estimate of drug-likeness (QED) is 0.158. The fourth-order valence-electron chi connectivity index (χ4n) is 4.22. The molecule has 0 fully saturated rings. The van der Waals surface area contributed by atoms with Crippen molar-refractivity contribution >= 4 is 44.5 Å². The highest BCUT2D eigenvalue weighted by Gasteiger charge is 2.28. The predicted octanol–water partition coefficient (Wildman–Crippen LogP) is 0.664. The average molecular weight is 703 g/mol. The van der Waals surface area contributed by atoms with Gasteiger partial charge in [-0.1, -0.05) is 0 Å². The third-order valence-electron chi connectivity index (χ3n) is 6.20. The normalized spacial score (nSPS) is 10.8. The summed E-state index contributed by atoms with van der Waals surface area (Å²) >= 11 is 0. The van der Waals surface area contributed by atoms with Crippen LogP contribution >= 0.6 is 0 Å². The molecule has 0 aliphatic rings. The Kier molecular flexibility index (Phi) is 18.2. The van der Waals surface area contributed by atoms with Crippen molar-refractivity contribution in [1.29, 1.82) is 0 Å². The maximum atomic E-state index is 12.7. The fourth-order valence-corrected chi connectivity index (χ4v) is 7.28. The van der Waals surface area contributed by atoms with Gasteiger partial charge >= 0.3 is 6.15 Å². The highest BCUT2D eigenvalue weighted by molar-refractivity contribution is 7.89. The predicted molar refractivity (Wildman–Crippen MR) is 168 cm³/mol. The number of likely N-dealkylation sites (N-methyl/N-ethyl adjacent to an activating group) is 3. The number of carbonyl (C=O) groups excluding carboxylic acids is 5. The number of aryl methyl sites for hydroxylation is 4. The molecule has 2 N–H and O–H groups in total. The molecule has 0 saturated heterocycles. The minimum Gasteiger partial charge on any atom is -0.497 e. The van der Waals surface area contributed by atoms with Crippen LogP contribution < -0.4 is 20.1 Å². The topological polar surface area (TPSA) is 212 Å². The second-order valence-electron chi connectivity index (χ2n) is 9.75. The smallest absolute Gasteiger partial charge is 0.373 e. The third-order valence-corrected chi connectivity index (χ3v) is 10.4. The van der Waals surface area contributed by atoms with Crippen molar-refractivity contribution in [2.75, 3.05) is 54.7 Å². The van der Waals surface area contributed by atoms with Gasteiger partial charge in [-0.2, -0.15) is 18.2 Å². The summed E-state index contributed by atoms with van der Waals surface area (Å²) in [5, 5.41) is 4.85. The molecule has 16 nitrogen and oxygen atoms in total. The molecular weight excluding hydrogens is 660 g/mol. The van der Waals surface area contributed by atoms with Crippen molar-refractivity contribution < 1.29 is 55.0 Å². The van der Waals surface area contributed by atoms with Crippen molar-refractivity contribution in [3.63, 3.8) is 0 Å².